The van der Waals surface area contributed by atoms with Gasteiger partial charge in [-0.05, 0) is 12.1 Å². The third-order valence-electron chi connectivity index (χ3n) is 2.31. The zero-order valence-electron chi connectivity index (χ0n) is 10.3. The molecule has 2 aromatic heterocycles. The average molecular weight is 262 g/mol. The minimum atomic E-state index is -0.104. The number of nitrogens with one attached hydrogen (secondary N) is 1. The number of carbonyl (C=O) groups is 1. The van der Waals surface area contributed by atoms with Crippen LogP contribution in [0.3, 0.4) is 0 Å². The molecule has 2 heterocycles. The monoisotopic (exact) mass is 262 g/mol. The molecule has 1 N–H and O–H groups in total. The van der Waals surface area contributed by atoms with E-state index < -0.39 is 0 Å². The van der Waals surface area contributed by atoms with E-state index in [4.69, 9.17) is 0 Å². The Morgan fingerprint density at radius 3 is 2.89 bits per heavy atom. The lowest BCUT2D eigenvalue weighted by molar-refractivity contribution is 0.0822. The quantitative estimate of drug-likeness (QED) is 0.913. The molecule has 2 aromatic rings. The SMILES string of the molecule is CN(C)C(=O)c1cc(NCc2nccs2)ccn1. The number of pyridine rings is 1. The van der Waals surface area contributed by atoms with Crippen molar-refractivity contribution in [3.05, 3.63) is 40.6 Å². The number of carbonyl (C=O) groups excluding carboxylic acids is 1. The van der Waals surface area contributed by atoms with Crippen molar-refractivity contribution >= 4 is 22.9 Å². The number of anilines is 1. The summed E-state index contributed by atoms with van der Waals surface area (Å²) in [6, 6.07) is 3.58. The molecule has 6 heteroatoms. The summed E-state index contributed by atoms with van der Waals surface area (Å²) in [5.74, 6) is -0.104. The Morgan fingerprint density at radius 1 is 1.39 bits per heavy atom. The predicted octanol–water partition coefficient (Wildman–Crippen LogP) is 1.85. The van der Waals surface area contributed by atoms with E-state index in [0.717, 1.165) is 10.7 Å². The summed E-state index contributed by atoms with van der Waals surface area (Å²) in [5.41, 5.74) is 1.30. The molecule has 5 nitrogen and oxygen atoms in total. The molecule has 0 saturated heterocycles. The van der Waals surface area contributed by atoms with E-state index in [1.807, 2.05) is 11.4 Å². The number of hydrogen-bond donors (Lipinski definition) is 1. The second kappa shape index (κ2) is 5.59. The molecule has 18 heavy (non-hydrogen) atoms. The molecule has 1 amide bonds. The van der Waals surface area contributed by atoms with Gasteiger partial charge in [-0.25, -0.2) is 4.98 Å². The minimum Gasteiger partial charge on any atom is -0.378 e. The first-order valence-electron chi connectivity index (χ1n) is 5.47. The van der Waals surface area contributed by atoms with Crippen molar-refractivity contribution < 1.29 is 4.79 Å². The molecule has 0 aromatic carbocycles. The number of aromatic nitrogens is 2. The first-order chi connectivity index (χ1) is 8.66. The van der Waals surface area contributed by atoms with Crippen molar-refractivity contribution in [1.29, 1.82) is 0 Å². The molecule has 0 aliphatic rings. The maximum atomic E-state index is 11.8. The Labute approximate surface area is 109 Å². The van der Waals surface area contributed by atoms with Crippen molar-refractivity contribution in [2.24, 2.45) is 0 Å². The van der Waals surface area contributed by atoms with Gasteiger partial charge in [-0.15, -0.1) is 11.3 Å². The van der Waals surface area contributed by atoms with E-state index in [1.165, 1.54) is 4.90 Å². The van der Waals surface area contributed by atoms with E-state index in [9.17, 15) is 4.79 Å². The Balaban J connectivity index is 2.05. The van der Waals surface area contributed by atoms with E-state index >= 15 is 0 Å². The third kappa shape index (κ3) is 3.04. The minimum absolute atomic E-state index is 0.104. The predicted molar refractivity (Wildman–Crippen MR) is 71.7 cm³/mol. The van der Waals surface area contributed by atoms with E-state index in [2.05, 4.69) is 15.3 Å². The third-order valence-corrected chi connectivity index (χ3v) is 3.09. The van der Waals surface area contributed by atoms with Crippen LogP contribution in [0.2, 0.25) is 0 Å². The summed E-state index contributed by atoms with van der Waals surface area (Å²) >= 11 is 1.59. The fourth-order valence-electron chi connectivity index (χ4n) is 1.40. The van der Waals surface area contributed by atoms with Crippen LogP contribution in [-0.4, -0.2) is 34.9 Å². The molecule has 0 saturated carbocycles. The van der Waals surface area contributed by atoms with Gasteiger partial charge in [0.25, 0.3) is 5.91 Å². The second-order valence-corrected chi connectivity index (χ2v) is 4.89. The Morgan fingerprint density at radius 2 is 2.22 bits per heavy atom. The zero-order valence-corrected chi connectivity index (χ0v) is 11.1. The van der Waals surface area contributed by atoms with Crippen LogP contribution in [0, 0.1) is 0 Å². The van der Waals surface area contributed by atoms with Gasteiger partial charge in [0.2, 0.25) is 0 Å². The molecule has 0 spiro atoms. The highest BCUT2D eigenvalue weighted by atomic mass is 32.1. The standard InChI is InChI=1S/C12H14N4OS/c1-16(2)12(17)10-7-9(3-4-13-10)15-8-11-14-5-6-18-11/h3-7H,8H2,1-2H3,(H,13,15). The summed E-state index contributed by atoms with van der Waals surface area (Å²) in [6.07, 6.45) is 3.40. The van der Waals surface area contributed by atoms with Gasteiger partial charge >= 0.3 is 0 Å². The molecule has 0 aliphatic heterocycles. The van der Waals surface area contributed by atoms with Crippen molar-refractivity contribution in [3.8, 4) is 0 Å². The fraction of sp³-hybridized carbons (Fsp3) is 0.250. The first-order valence-corrected chi connectivity index (χ1v) is 6.35. The molecule has 0 aliphatic carbocycles. The van der Waals surface area contributed by atoms with Crippen molar-refractivity contribution in [3.63, 3.8) is 0 Å². The van der Waals surface area contributed by atoms with Gasteiger partial charge in [0.1, 0.15) is 10.7 Å². The van der Waals surface area contributed by atoms with Crippen LogP contribution in [0.15, 0.2) is 29.9 Å². The van der Waals surface area contributed by atoms with Gasteiger partial charge < -0.3 is 10.2 Å². The highest BCUT2D eigenvalue weighted by molar-refractivity contribution is 7.09. The smallest absolute Gasteiger partial charge is 0.272 e. The summed E-state index contributed by atoms with van der Waals surface area (Å²) in [5, 5.41) is 6.16. The van der Waals surface area contributed by atoms with E-state index in [-0.39, 0.29) is 5.91 Å². The van der Waals surface area contributed by atoms with Crippen molar-refractivity contribution in [2.45, 2.75) is 6.54 Å². The van der Waals surface area contributed by atoms with Crippen LogP contribution in [0.1, 0.15) is 15.5 Å². The van der Waals surface area contributed by atoms with Crippen LogP contribution in [0.5, 0.6) is 0 Å². The molecule has 0 fully saturated rings. The summed E-state index contributed by atoms with van der Waals surface area (Å²) in [7, 11) is 3.42. The molecular formula is C12H14N4OS. The first kappa shape index (κ1) is 12.5. The molecule has 0 unspecified atom stereocenters. The highest BCUT2D eigenvalue weighted by Crippen LogP contribution is 2.12. The molecule has 0 atom stereocenters. The van der Waals surface area contributed by atoms with Crippen LogP contribution in [0.25, 0.3) is 0 Å². The number of thiazole rings is 1. The Hall–Kier alpha value is -1.95. The van der Waals surface area contributed by atoms with Crippen molar-refractivity contribution in [2.75, 3.05) is 19.4 Å². The van der Waals surface area contributed by atoms with Gasteiger partial charge in [0.15, 0.2) is 0 Å². The largest absolute Gasteiger partial charge is 0.378 e. The molecule has 0 radical (unpaired) electrons. The van der Waals surface area contributed by atoms with Crippen LogP contribution in [-0.2, 0) is 6.54 Å². The number of nitrogens with zero attached hydrogens (tertiary/aromatic N) is 3. The molecule has 0 bridgehead atoms. The highest BCUT2D eigenvalue weighted by Gasteiger charge is 2.09. The average Bonchev–Trinajstić information content (AvgIpc) is 2.89. The number of amides is 1. The van der Waals surface area contributed by atoms with Crippen LogP contribution < -0.4 is 5.32 Å². The second-order valence-electron chi connectivity index (χ2n) is 3.91. The normalized spacial score (nSPS) is 10.1. The lowest BCUT2D eigenvalue weighted by Crippen LogP contribution is -2.22. The molecule has 94 valence electrons. The maximum absolute atomic E-state index is 11.8. The van der Waals surface area contributed by atoms with E-state index in [1.54, 1.807) is 43.9 Å². The van der Waals surface area contributed by atoms with E-state index in [0.29, 0.717) is 12.2 Å². The van der Waals surface area contributed by atoms with Gasteiger partial charge in [-0.3, -0.25) is 9.78 Å². The summed E-state index contributed by atoms with van der Waals surface area (Å²) < 4.78 is 0. The van der Waals surface area contributed by atoms with Gasteiger partial charge in [0.05, 0.1) is 6.54 Å². The number of hydrogen-bond acceptors (Lipinski definition) is 5. The number of rotatable bonds is 4. The van der Waals surface area contributed by atoms with Gasteiger partial charge in [0, 0.05) is 37.6 Å². The maximum Gasteiger partial charge on any atom is 0.272 e. The van der Waals surface area contributed by atoms with Crippen LogP contribution in [0.4, 0.5) is 5.69 Å². The van der Waals surface area contributed by atoms with Gasteiger partial charge in [-0.2, -0.15) is 0 Å². The van der Waals surface area contributed by atoms with Crippen molar-refractivity contribution in [1.82, 2.24) is 14.9 Å². The Kier molecular flexibility index (Phi) is 3.88. The lowest BCUT2D eigenvalue weighted by Gasteiger charge is -2.10. The molecular weight excluding hydrogens is 248 g/mol. The fourth-order valence-corrected chi connectivity index (χ4v) is 1.96. The molecule has 2 rings (SSSR count). The lowest BCUT2D eigenvalue weighted by atomic mass is 10.3. The topological polar surface area (TPSA) is 58.1 Å². The van der Waals surface area contributed by atoms with Crippen LogP contribution >= 0.6 is 11.3 Å². The zero-order chi connectivity index (χ0) is 13.0. The summed E-state index contributed by atoms with van der Waals surface area (Å²) in [4.78, 5) is 21.5. The van der Waals surface area contributed by atoms with Gasteiger partial charge in [-0.1, -0.05) is 0 Å². The Bertz CT molecular complexity index is 525. The summed E-state index contributed by atoms with van der Waals surface area (Å²) in [6.45, 7) is 0.650.